The number of para-hydroxylation sites is 1. The van der Waals surface area contributed by atoms with Crippen molar-refractivity contribution in [3.8, 4) is 5.75 Å². The number of carbonyl (C=O) groups excluding carboxylic acids is 2. The van der Waals surface area contributed by atoms with Crippen LogP contribution in [0.1, 0.15) is 25.8 Å². The Morgan fingerprint density at radius 1 is 1.29 bits per heavy atom. The number of methoxy groups -OCH3 is 1. The smallest absolute Gasteiger partial charge is 0.315 e. The molecule has 6 nitrogen and oxygen atoms in total. The fourth-order valence-corrected chi connectivity index (χ4v) is 1.92. The lowest BCUT2D eigenvalue weighted by molar-refractivity contribution is -0.308. The molecule has 0 unspecified atom stereocenters. The van der Waals surface area contributed by atoms with E-state index in [0.29, 0.717) is 12.2 Å². The van der Waals surface area contributed by atoms with Crippen molar-refractivity contribution >= 4 is 12.0 Å². The van der Waals surface area contributed by atoms with Crippen LogP contribution in [0.15, 0.2) is 24.3 Å². The van der Waals surface area contributed by atoms with E-state index in [0.717, 1.165) is 5.56 Å². The van der Waals surface area contributed by atoms with Crippen LogP contribution in [0.2, 0.25) is 0 Å². The molecule has 0 fully saturated rings. The molecule has 0 bridgehead atoms. The van der Waals surface area contributed by atoms with Gasteiger partial charge >= 0.3 is 6.03 Å². The number of benzene rings is 1. The van der Waals surface area contributed by atoms with Crippen molar-refractivity contribution in [2.45, 2.75) is 32.9 Å². The normalized spacial score (nSPS) is 11.8. The van der Waals surface area contributed by atoms with Crippen LogP contribution in [-0.2, 0) is 11.3 Å². The van der Waals surface area contributed by atoms with Crippen molar-refractivity contribution < 1.29 is 19.4 Å². The van der Waals surface area contributed by atoms with Gasteiger partial charge in [-0.15, -0.1) is 0 Å². The van der Waals surface area contributed by atoms with Crippen molar-refractivity contribution in [3.63, 3.8) is 0 Å². The minimum atomic E-state index is -1.28. The van der Waals surface area contributed by atoms with E-state index in [9.17, 15) is 14.7 Å². The van der Waals surface area contributed by atoms with Crippen molar-refractivity contribution in [1.29, 1.82) is 0 Å². The summed E-state index contributed by atoms with van der Waals surface area (Å²) in [6.07, 6.45) is 0.324. The van der Waals surface area contributed by atoms with Crippen LogP contribution >= 0.6 is 0 Å². The van der Waals surface area contributed by atoms with Crippen molar-refractivity contribution in [3.05, 3.63) is 29.8 Å². The summed E-state index contributed by atoms with van der Waals surface area (Å²) in [4.78, 5) is 22.7. The Balaban J connectivity index is 2.54. The molecule has 0 aromatic heterocycles. The molecule has 0 spiro atoms. The van der Waals surface area contributed by atoms with E-state index in [-0.39, 0.29) is 12.5 Å². The number of carboxylic acid groups (broad SMARTS) is 1. The van der Waals surface area contributed by atoms with E-state index in [1.165, 1.54) is 0 Å². The molecule has 2 amide bonds. The van der Waals surface area contributed by atoms with Crippen molar-refractivity contribution in [2.75, 3.05) is 7.11 Å². The van der Waals surface area contributed by atoms with Crippen LogP contribution in [0, 0.1) is 5.92 Å². The number of hydrogen-bond donors (Lipinski definition) is 2. The van der Waals surface area contributed by atoms with Gasteiger partial charge in [-0.25, -0.2) is 4.79 Å². The lowest BCUT2D eigenvalue weighted by Crippen LogP contribution is -2.51. The number of carbonyl (C=O) groups is 2. The molecule has 1 rings (SSSR count). The zero-order chi connectivity index (χ0) is 15.8. The number of carboxylic acids is 1. The average molecular weight is 293 g/mol. The van der Waals surface area contributed by atoms with Crippen LogP contribution in [0.3, 0.4) is 0 Å². The topological polar surface area (TPSA) is 90.5 Å². The molecular formula is C15H21N2O4-. The van der Waals surface area contributed by atoms with Crippen LogP contribution in [0.25, 0.3) is 0 Å². The molecule has 0 aliphatic carbocycles. The molecule has 0 aliphatic heterocycles. The zero-order valence-electron chi connectivity index (χ0n) is 12.5. The first kappa shape index (κ1) is 16.8. The SMILES string of the molecule is COc1ccccc1CNC(=O)N[C@@H](CC(C)C)C(=O)[O-]. The summed E-state index contributed by atoms with van der Waals surface area (Å²) in [7, 11) is 1.55. The number of rotatable bonds is 7. The van der Waals surface area contributed by atoms with Gasteiger partial charge in [0.15, 0.2) is 0 Å². The molecule has 2 N–H and O–H groups in total. The van der Waals surface area contributed by atoms with Gasteiger partial charge in [0.25, 0.3) is 0 Å². The Morgan fingerprint density at radius 3 is 2.52 bits per heavy atom. The van der Waals surface area contributed by atoms with Gasteiger partial charge in [0, 0.05) is 12.1 Å². The minimum Gasteiger partial charge on any atom is -0.548 e. The highest BCUT2D eigenvalue weighted by atomic mass is 16.5. The van der Waals surface area contributed by atoms with E-state index in [2.05, 4.69) is 10.6 Å². The van der Waals surface area contributed by atoms with Crippen molar-refractivity contribution in [2.24, 2.45) is 5.92 Å². The van der Waals surface area contributed by atoms with Gasteiger partial charge in [-0.1, -0.05) is 32.0 Å². The number of urea groups is 1. The molecular weight excluding hydrogens is 272 g/mol. The van der Waals surface area contributed by atoms with Gasteiger partial charge in [0.05, 0.1) is 19.1 Å². The first-order valence-electron chi connectivity index (χ1n) is 6.81. The van der Waals surface area contributed by atoms with E-state index in [1.54, 1.807) is 13.2 Å². The maximum absolute atomic E-state index is 11.8. The average Bonchev–Trinajstić information content (AvgIpc) is 2.44. The molecule has 0 heterocycles. The second kappa shape index (κ2) is 8.14. The van der Waals surface area contributed by atoms with Gasteiger partial charge in [0.2, 0.25) is 0 Å². The van der Waals surface area contributed by atoms with Crippen LogP contribution in [0.5, 0.6) is 5.75 Å². The highest BCUT2D eigenvalue weighted by molar-refractivity contribution is 5.81. The van der Waals surface area contributed by atoms with E-state index < -0.39 is 18.0 Å². The lowest BCUT2D eigenvalue weighted by atomic mass is 10.0. The molecule has 1 aromatic rings. The predicted molar refractivity (Wildman–Crippen MR) is 76.6 cm³/mol. The first-order valence-corrected chi connectivity index (χ1v) is 6.81. The predicted octanol–water partition coefficient (Wildman–Crippen LogP) is 0.659. The quantitative estimate of drug-likeness (QED) is 0.772. The summed E-state index contributed by atoms with van der Waals surface area (Å²) in [5, 5.41) is 16.0. The maximum Gasteiger partial charge on any atom is 0.315 e. The number of hydrogen-bond acceptors (Lipinski definition) is 4. The molecule has 116 valence electrons. The third kappa shape index (κ3) is 5.72. The van der Waals surface area contributed by atoms with Crippen molar-refractivity contribution in [1.82, 2.24) is 10.6 Å². The largest absolute Gasteiger partial charge is 0.548 e. The number of nitrogens with one attached hydrogen (secondary N) is 2. The number of aliphatic carboxylic acids is 1. The molecule has 21 heavy (non-hydrogen) atoms. The van der Waals surface area contributed by atoms with Gasteiger partial charge in [-0.05, 0) is 18.4 Å². The monoisotopic (exact) mass is 293 g/mol. The summed E-state index contributed by atoms with van der Waals surface area (Å²) in [5.74, 6) is -0.477. The fourth-order valence-electron chi connectivity index (χ4n) is 1.92. The Hall–Kier alpha value is -2.24. The minimum absolute atomic E-state index is 0.141. The van der Waals surface area contributed by atoms with E-state index in [1.807, 2.05) is 32.0 Å². The summed E-state index contributed by atoms with van der Waals surface area (Å²) in [6.45, 7) is 4.01. The van der Waals surface area contributed by atoms with Crippen LogP contribution in [0.4, 0.5) is 4.79 Å². The molecule has 0 saturated heterocycles. The summed E-state index contributed by atoms with van der Waals surface area (Å²) >= 11 is 0. The fraction of sp³-hybridized carbons (Fsp3) is 0.467. The maximum atomic E-state index is 11.8. The zero-order valence-corrected chi connectivity index (χ0v) is 12.5. The molecule has 1 atom stereocenters. The molecule has 0 aliphatic rings. The summed E-state index contributed by atoms with van der Waals surface area (Å²) in [6, 6.07) is 5.73. The summed E-state index contributed by atoms with van der Waals surface area (Å²) in [5.41, 5.74) is 0.809. The highest BCUT2D eigenvalue weighted by Crippen LogP contribution is 2.16. The number of amides is 2. The Bertz CT molecular complexity index is 488. The Morgan fingerprint density at radius 2 is 1.95 bits per heavy atom. The molecule has 6 heteroatoms. The third-order valence-electron chi connectivity index (χ3n) is 2.93. The van der Waals surface area contributed by atoms with Gasteiger partial charge < -0.3 is 25.3 Å². The second-order valence-electron chi connectivity index (χ2n) is 5.14. The molecule has 1 aromatic carbocycles. The van der Waals surface area contributed by atoms with Gasteiger partial charge in [-0.2, -0.15) is 0 Å². The number of ether oxygens (including phenoxy) is 1. The second-order valence-corrected chi connectivity index (χ2v) is 5.14. The molecule has 0 radical (unpaired) electrons. The van der Waals surface area contributed by atoms with E-state index >= 15 is 0 Å². The van der Waals surface area contributed by atoms with Gasteiger partial charge in [-0.3, -0.25) is 0 Å². The van der Waals surface area contributed by atoms with E-state index in [4.69, 9.17) is 4.74 Å². The van der Waals surface area contributed by atoms with Crippen LogP contribution < -0.4 is 20.5 Å². The standard InChI is InChI=1S/C15H22N2O4/c1-10(2)8-12(14(18)19)17-15(20)16-9-11-6-4-5-7-13(11)21-3/h4-7,10,12H,8-9H2,1-3H3,(H,18,19)(H2,16,17,20)/p-1/t12-/m0/s1. The third-order valence-corrected chi connectivity index (χ3v) is 2.93. The molecule has 0 saturated carbocycles. The van der Waals surface area contributed by atoms with Crippen LogP contribution in [-0.4, -0.2) is 25.2 Å². The first-order chi connectivity index (χ1) is 9.93. The highest BCUT2D eigenvalue weighted by Gasteiger charge is 2.15. The van der Waals surface area contributed by atoms with Gasteiger partial charge in [0.1, 0.15) is 5.75 Å². The summed E-state index contributed by atoms with van der Waals surface area (Å²) < 4.78 is 5.17. The lowest BCUT2D eigenvalue weighted by Gasteiger charge is -2.21. The Labute approximate surface area is 124 Å². The Kier molecular flexibility index (Phi) is 6.52.